The van der Waals surface area contributed by atoms with E-state index in [0.29, 0.717) is 52.1 Å². The molecule has 9 nitrogen and oxygen atoms in total. The van der Waals surface area contributed by atoms with Gasteiger partial charge in [-0.15, -0.1) is 0 Å². The van der Waals surface area contributed by atoms with Gasteiger partial charge in [0.05, 0.1) is 12.5 Å². The van der Waals surface area contributed by atoms with Crippen molar-refractivity contribution in [1.29, 1.82) is 0 Å². The fraction of sp³-hybridized carbons (Fsp3) is 0.588. The van der Waals surface area contributed by atoms with E-state index in [1.807, 2.05) is 0 Å². The summed E-state index contributed by atoms with van der Waals surface area (Å²) >= 11 is 0. The van der Waals surface area contributed by atoms with Crippen LogP contribution in [0.25, 0.3) is 0 Å². The van der Waals surface area contributed by atoms with Crippen LogP contribution in [0.4, 0.5) is 0 Å². The lowest BCUT2D eigenvalue weighted by molar-refractivity contribution is -0.141. The number of piperazine rings is 1. The molecule has 0 saturated carbocycles. The second-order valence-corrected chi connectivity index (χ2v) is 8.49. The molecule has 3 rings (SSSR count). The molecule has 27 heavy (non-hydrogen) atoms. The van der Waals surface area contributed by atoms with Gasteiger partial charge < -0.3 is 14.8 Å². The number of rotatable bonds is 3. The van der Waals surface area contributed by atoms with Crippen LogP contribution in [0.2, 0.25) is 0 Å². The summed E-state index contributed by atoms with van der Waals surface area (Å²) in [6.45, 7) is 4.17. The van der Waals surface area contributed by atoms with Crippen molar-refractivity contribution in [2.75, 3.05) is 39.3 Å². The van der Waals surface area contributed by atoms with Crippen molar-refractivity contribution < 1.29 is 18.0 Å². The average molecular weight is 393 g/mol. The molecule has 2 aliphatic heterocycles. The van der Waals surface area contributed by atoms with Gasteiger partial charge in [-0.3, -0.25) is 9.59 Å². The lowest BCUT2D eigenvalue weighted by Crippen LogP contribution is -2.53. The monoisotopic (exact) mass is 393 g/mol. The molecular weight excluding hydrogens is 370 g/mol. The molecule has 2 saturated heterocycles. The third kappa shape index (κ3) is 4.14. The third-order valence-electron chi connectivity index (χ3n) is 5.00. The predicted molar refractivity (Wildman–Crippen MR) is 96.7 cm³/mol. The molecular formula is C17H23N5O4S. The number of aromatic amines is 1. The van der Waals surface area contributed by atoms with Gasteiger partial charge in [0.1, 0.15) is 0 Å². The van der Waals surface area contributed by atoms with Crippen LogP contribution >= 0.6 is 0 Å². The summed E-state index contributed by atoms with van der Waals surface area (Å²) in [5.41, 5.74) is 0. The second kappa shape index (κ2) is 8.10. The number of aromatic nitrogens is 2. The Labute approximate surface area is 158 Å². The van der Waals surface area contributed by atoms with Crippen LogP contribution in [-0.2, 0) is 19.6 Å². The number of nitrogens with zero attached hydrogens (tertiary/aromatic N) is 4. The molecule has 1 N–H and O–H groups in total. The van der Waals surface area contributed by atoms with Crippen LogP contribution in [0.3, 0.4) is 0 Å². The molecule has 1 aromatic heterocycles. The van der Waals surface area contributed by atoms with Gasteiger partial charge in [0.25, 0.3) is 15.9 Å². The minimum absolute atomic E-state index is 0.0438. The number of amides is 2. The maximum absolute atomic E-state index is 12.8. The molecule has 1 aromatic rings. The van der Waals surface area contributed by atoms with Crippen molar-refractivity contribution in [3.8, 4) is 11.8 Å². The Kier molecular flexibility index (Phi) is 5.82. The molecule has 2 fully saturated rings. The average Bonchev–Trinajstić information content (AvgIpc) is 3.23. The molecule has 2 aliphatic rings. The highest BCUT2D eigenvalue weighted by Crippen LogP contribution is 2.24. The Balaban J connectivity index is 1.52. The van der Waals surface area contributed by atoms with E-state index in [0.717, 1.165) is 0 Å². The van der Waals surface area contributed by atoms with Crippen LogP contribution in [0.15, 0.2) is 17.6 Å². The Morgan fingerprint density at radius 3 is 2.30 bits per heavy atom. The number of H-pyrrole nitrogens is 1. The first-order valence-electron chi connectivity index (χ1n) is 8.92. The van der Waals surface area contributed by atoms with Crippen LogP contribution in [0, 0.1) is 17.8 Å². The van der Waals surface area contributed by atoms with E-state index in [1.54, 1.807) is 16.7 Å². The van der Waals surface area contributed by atoms with Gasteiger partial charge in [0, 0.05) is 45.2 Å². The van der Waals surface area contributed by atoms with E-state index in [2.05, 4.69) is 21.8 Å². The first kappa shape index (κ1) is 19.4. The van der Waals surface area contributed by atoms with Gasteiger partial charge >= 0.3 is 0 Å². The van der Waals surface area contributed by atoms with Crippen LogP contribution < -0.4 is 0 Å². The minimum Gasteiger partial charge on any atom is -0.339 e. The molecule has 0 bridgehead atoms. The molecule has 10 heteroatoms. The summed E-state index contributed by atoms with van der Waals surface area (Å²) in [5, 5.41) is 0.0724. The second-order valence-electron chi connectivity index (χ2n) is 6.59. The standard InChI is InChI=1S/C17H23N5O4S/c1-2-3-16(23)20-8-10-21(11-9-20)17(24)14-4-6-22(7-5-14)27(25,26)15-12-18-13-19-15/h12-14H,4-11H2,1H3,(H,18,19). The maximum Gasteiger partial charge on any atom is 0.298 e. The summed E-state index contributed by atoms with van der Waals surface area (Å²) in [5.74, 6) is 4.77. The van der Waals surface area contributed by atoms with E-state index in [4.69, 9.17) is 0 Å². The normalized spacial score (nSPS) is 19.4. The number of carbonyl (C=O) groups excluding carboxylic acids is 2. The molecule has 2 amide bonds. The molecule has 3 heterocycles. The topological polar surface area (TPSA) is 107 Å². The number of piperidine rings is 1. The van der Waals surface area contributed by atoms with Gasteiger partial charge in [-0.1, -0.05) is 5.92 Å². The first-order valence-corrected chi connectivity index (χ1v) is 10.4. The fourth-order valence-electron chi connectivity index (χ4n) is 3.44. The van der Waals surface area contributed by atoms with Gasteiger partial charge in [0.15, 0.2) is 5.03 Å². The Bertz CT molecular complexity index is 840. The van der Waals surface area contributed by atoms with Crippen molar-refractivity contribution in [2.45, 2.75) is 24.8 Å². The highest BCUT2D eigenvalue weighted by Gasteiger charge is 2.35. The number of sulfonamides is 1. The number of hydrogen-bond acceptors (Lipinski definition) is 5. The minimum atomic E-state index is -3.58. The maximum atomic E-state index is 12.8. The van der Waals surface area contributed by atoms with Crippen LogP contribution in [0.1, 0.15) is 19.8 Å². The Morgan fingerprint density at radius 1 is 1.11 bits per heavy atom. The van der Waals surface area contributed by atoms with Crippen molar-refractivity contribution >= 4 is 21.8 Å². The zero-order chi connectivity index (χ0) is 19.4. The molecule has 0 aromatic carbocycles. The number of hydrogen-bond donors (Lipinski definition) is 1. The highest BCUT2D eigenvalue weighted by atomic mass is 32.2. The van der Waals surface area contributed by atoms with Crippen molar-refractivity contribution in [1.82, 2.24) is 24.1 Å². The van der Waals surface area contributed by atoms with E-state index < -0.39 is 10.0 Å². The summed E-state index contributed by atoms with van der Waals surface area (Å²) < 4.78 is 26.4. The lowest BCUT2D eigenvalue weighted by Gasteiger charge is -2.37. The van der Waals surface area contributed by atoms with E-state index >= 15 is 0 Å². The van der Waals surface area contributed by atoms with Crippen LogP contribution in [0.5, 0.6) is 0 Å². The SMILES string of the molecule is CC#CC(=O)N1CCN(C(=O)C2CCN(S(=O)(=O)c3cnc[nH]3)CC2)CC1. The van der Waals surface area contributed by atoms with E-state index in [9.17, 15) is 18.0 Å². The molecule has 0 unspecified atom stereocenters. The zero-order valence-corrected chi connectivity index (χ0v) is 16.0. The van der Waals surface area contributed by atoms with Gasteiger partial charge in [-0.05, 0) is 25.7 Å². The Hall–Kier alpha value is -2.38. The summed E-state index contributed by atoms with van der Waals surface area (Å²) in [7, 11) is -3.58. The summed E-state index contributed by atoms with van der Waals surface area (Å²) in [4.78, 5) is 34.3. The van der Waals surface area contributed by atoms with Crippen molar-refractivity contribution in [3.63, 3.8) is 0 Å². The number of imidazole rings is 1. The van der Waals surface area contributed by atoms with Crippen molar-refractivity contribution in [2.24, 2.45) is 5.92 Å². The largest absolute Gasteiger partial charge is 0.339 e. The van der Waals surface area contributed by atoms with Crippen LogP contribution in [-0.4, -0.2) is 83.6 Å². The summed E-state index contributed by atoms with van der Waals surface area (Å²) in [6, 6.07) is 0. The first-order chi connectivity index (χ1) is 12.9. The molecule has 0 spiro atoms. The smallest absolute Gasteiger partial charge is 0.298 e. The molecule has 146 valence electrons. The molecule has 0 atom stereocenters. The fourth-order valence-corrected chi connectivity index (χ4v) is 4.81. The van der Waals surface area contributed by atoms with Gasteiger partial charge in [-0.2, -0.15) is 4.31 Å². The van der Waals surface area contributed by atoms with E-state index in [1.165, 1.54) is 16.8 Å². The lowest BCUT2D eigenvalue weighted by atomic mass is 9.96. The number of nitrogens with one attached hydrogen (secondary N) is 1. The predicted octanol–water partition coefficient (Wildman–Crippen LogP) is -0.495. The van der Waals surface area contributed by atoms with Gasteiger partial charge in [0.2, 0.25) is 5.91 Å². The highest BCUT2D eigenvalue weighted by molar-refractivity contribution is 7.89. The quantitative estimate of drug-likeness (QED) is 0.697. The van der Waals surface area contributed by atoms with Crippen molar-refractivity contribution in [3.05, 3.63) is 12.5 Å². The van der Waals surface area contributed by atoms with E-state index in [-0.39, 0.29) is 22.8 Å². The Morgan fingerprint density at radius 2 is 1.74 bits per heavy atom. The van der Waals surface area contributed by atoms with Gasteiger partial charge in [-0.25, -0.2) is 13.4 Å². The molecule has 0 aliphatic carbocycles. The zero-order valence-electron chi connectivity index (χ0n) is 15.2. The summed E-state index contributed by atoms with van der Waals surface area (Å²) in [6.07, 6.45) is 3.61. The number of carbonyl (C=O) groups is 2. The molecule has 0 radical (unpaired) electrons. The third-order valence-corrected chi connectivity index (χ3v) is 6.83.